The number of aromatic nitrogens is 3. The molecule has 29 heavy (non-hydrogen) atoms. The number of rotatable bonds is 5. The normalized spacial score (nSPS) is 19.1. The third-order valence-electron chi connectivity index (χ3n) is 5.06. The van der Waals surface area contributed by atoms with Gasteiger partial charge in [0.1, 0.15) is 11.6 Å². The van der Waals surface area contributed by atoms with Gasteiger partial charge in [-0.3, -0.25) is 9.78 Å². The number of nitrogens with two attached hydrogens (primary N) is 2. The van der Waals surface area contributed by atoms with E-state index in [2.05, 4.69) is 25.6 Å². The van der Waals surface area contributed by atoms with Crippen LogP contribution in [0.4, 0.5) is 21.7 Å². The molecule has 0 bridgehead atoms. The zero-order valence-electron chi connectivity index (χ0n) is 15.7. The van der Waals surface area contributed by atoms with Gasteiger partial charge in [0.2, 0.25) is 0 Å². The van der Waals surface area contributed by atoms with E-state index in [0.717, 1.165) is 25.7 Å². The Morgan fingerprint density at radius 3 is 2.76 bits per heavy atom. The van der Waals surface area contributed by atoms with Crippen LogP contribution in [0.5, 0.6) is 0 Å². The SMILES string of the molecule is NC(=O)c1ncc(N[C@@H]2CCCC[C@@H]2N)nc1Nc1cnc2ccc(F)cc2c1. The Morgan fingerprint density at radius 2 is 1.97 bits per heavy atom. The Hall–Kier alpha value is -3.33. The molecule has 1 aliphatic rings. The zero-order valence-corrected chi connectivity index (χ0v) is 15.7. The second-order valence-corrected chi connectivity index (χ2v) is 7.20. The molecule has 2 atom stereocenters. The van der Waals surface area contributed by atoms with Gasteiger partial charge >= 0.3 is 0 Å². The van der Waals surface area contributed by atoms with Gasteiger partial charge < -0.3 is 22.1 Å². The fraction of sp³-hybridized carbons (Fsp3) is 0.300. The fourth-order valence-corrected chi connectivity index (χ4v) is 3.56. The number of carbonyl (C=O) groups is 1. The number of carbonyl (C=O) groups excluding carboxylic acids is 1. The van der Waals surface area contributed by atoms with Crippen molar-refractivity contribution < 1.29 is 9.18 Å². The van der Waals surface area contributed by atoms with Crippen LogP contribution < -0.4 is 22.1 Å². The number of benzene rings is 1. The molecule has 0 spiro atoms. The second kappa shape index (κ2) is 7.96. The van der Waals surface area contributed by atoms with Gasteiger partial charge in [0.25, 0.3) is 5.91 Å². The third kappa shape index (κ3) is 4.24. The van der Waals surface area contributed by atoms with Gasteiger partial charge in [0.05, 0.1) is 23.6 Å². The molecule has 9 heteroatoms. The molecule has 0 saturated heterocycles. The summed E-state index contributed by atoms with van der Waals surface area (Å²) in [6.07, 6.45) is 7.17. The van der Waals surface area contributed by atoms with E-state index in [1.807, 2.05) is 0 Å². The van der Waals surface area contributed by atoms with Crippen LogP contribution in [0.3, 0.4) is 0 Å². The van der Waals surface area contributed by atoms with E-state index in [0.29, 0.717) is 22.4 Å². The van der Waals surface area contributed by atoms with Gasteiger partial charge in [-0.25, -0.2) is 14.4 Å². The van der Waals surface area contributed by atoms with Crippen molar-refractivity contribution in [2.45, 2.75) is 37.8 Å². The van der Waals surface area contributed by atoms with Crippen molar-refractivity contribution in [2.75, 3.05) is 10.6 Å². The van der Waals surface area contributed by atoms with Crippen LogP contribution in [0.1, 0.15) is 36.2 Å². The van der Waals surface area contributed by atoms with Crippen LogP contribution in [-0.2, 0) is 0 Å². The van der Waals surface area contributed by atoms with Crippen molar-refractivity contribution in [2.24, 2.45) is 11.5 Å². The Morgan fingerprint density at radius 1 is 1.14 bits per heavy atom. The van der Waals surface area contributed by atoms with E-state index in [-0.39, 0.29) is 29.4 Å². The molecule has 3 aromatic rings. The molecule has 1 aromatic carbocycles. The molecule has 150 valence electrons. The minimum absolute atomic E-state index is 0.00262. The molecule has 1 saturated carbocycles. The Labute approximate surface area is 166 Å². The van der Waals surface area contributed by atoms with Crippen LogP contribution in [0.2, 0.25) is 0 Å². The van der Waals surface area contributed by atoms with E-state index in [1.54, 1.807) is 18.3 Å². The van der Waals surface area contributed by atoms with E-state index in [1.165, 1.54) is 18.3 Å². The largest absolute Gasteiger partial charge is 0.364 e. The summed E-state index contributed by atoms with van der Waals surface area (Å²) in [7, 11) is 0. The molecule has 0 unspecified atom stereocenters. The number of hydrogen-bond donors (Lipinski definition) is 4. The molecule has 1 aliphatic carbocycles. The lowest BCUT2D eigenvalue weighted by Crippen LogP contribution is -2.42. The first-order chi connectivity index (χ1) is 14.0. The van der Waals surface area contributed by atoms with Crippen molar-refractivity contribution in [3.8, 4) is 0 Å². The van der Waals surface area contributed by atoms with Gasteiger partial charge in [-0.2, -0.15) is 0 Å². The van der Waals surface area contributed by atoms with Gasteiger partial charge in [-0.1, -0.05) is 12.8 Å². The predicted molar refractivity (Wildman–Crippen MR) is 109 cm³/mol. The summed E-state index contributed by atoms with van der Waals surface area (Å²) < 4.78 is 13.5. The Balaban J connectivity index is 1.63. The minimum Gasteiger partial charge on any atom is -0.364 e. The van der Waals surface area contributed by atoms with Crippen LogP contribution >= 0.6 is 0 Å². The first kappa shape index (κ1) is 19.0. The van der Waals surface area contributed by atoms with Crippen LogP contribution in [0, 0.1) is 5.82 Å². The lowest BCUT2D eigenvalue weighted by atomic mass is 9.91. The van der Waals surface area contributed by atoms with E-state index in [9.17, 15) is 9.18 Å². The fourth-order valence-electron chi connectivity index (χ4n) is 3.56. The monoisotopic (exact) mass is 395 g/mol. The molecular weight excluding hydrogens is 373 g/mol. The van der Waals surface area contributed by atoms with E-state index in [4.69, 9.17) is 11.5 Å². The molecule has 1 fully saturated rings. The summed E-state index contributed by atoms with van der Waals surface area (Å²) in [6, 6.07) is 6.18. The second-order valence-electron chi connectivity index (χ2n) is 7.20. The highest BCUT2D eigenvalue weighted by atomic mass is 19.1. The van der Waals surface area contributed by atoms with Crippen LogP contribution in [0.25, 0.3) is 10.9 Å². The molecule has 2 heterocycles. The highest BCUT2D eigenvalue weighted by Crippen LogP contribution is 2.24. The number of amides is 1. The summed E-state index contributed by atoms with van der Waals surface area (Å²) in [5, 5.41) is 6.94. The number of fused-ring (bicyclic) bond motifs is 1. The van der Waals surface area contributed by atoms with Crippen molar-refractivity contribution in [1.82, 2.24) is 15.0 Å². The molecule has 4 rings (SSSR count). The maximum absolute atomic E-state index is 13.5. The zero-order chi connectivity index (χ0) is 20.4. The number of pyridine rings is 1. The number of anilines is 3. The topological polar surface area (TPSA) is 132 Å². The molecule has 0 radical (unpaired) electrons. The molecular formula is C20H22FN7O. The van der Waals surface area contributed by atoms with Gasteiger partial charge in [0.15, 0.2) is 11.5 Å². The molecule has 0 aliphatic heterocycles. The maximum atomic E-state index is 13.5. The molecule has 6 N–H and O–H groups in total. The summed E-state index contributed by atoms with van der Waals surface area (Å²) in [5.41, 5.74) is 12.8. The van der Waals surface area contributed by atoms with Crippen molar-refractivity contribution in [3.05, 3.63) is 48.2 Å². The van der Waals surface area contributed by atoms with Gasteiger partial charge in [0, 0.05) is 17.5 Å². The number of hydrogen-bond acceptors (Lipinski definition) is 7. The van der Waals surface area contributed by atoms with Crippen molar-refractivity contribution >= 4 is 34.1 Å². The minimum atomic E-state index is -0.708. The molecule has 2 aromatic heterocycles. The first-order valence-electron chi connectivity index (χ1n) is 9.51. The number of halogens is 1. The molecule has 1 amide bonds. The summed E-state index contributed by atoms with van der Waals surface area (Å²) in [5.74, 6) is -0.367. The average molecular weight is 395 g/mol. The van der Waals surface area contributed by atoms with E-state index < -0.39 is 5.91 Å². The highest BCUT2D eigenvalue weighted by Gasteiger charge is 2.23. The summed E-state index contributed by atoms with van der Waals surface area (Å²) in [6.45, 7) is 0. The van der Waals surface area contributed by atoms with Crippen molar-refractivity contribution in [1.29, 1.82) is 0 Å². The third-order valence-corrected chi connectivity index (χ3v) is 5.06. The predicted octanol–water partition coefficient (Wildman–Crippen LogP) is 2.69. The van der Waals surface area contributed by atoms with Gasteiger partial charge in [-0.15, -0.1) is 0 Å². The lowest BCUT2D eigenvalue weighted by Gasteiger charge is -2.29. The van der Waals surface area contributed by atoms with Crippen molar-refractivity contribution in [3.63, 3.8) is 0 Å². The number of primary amides is 1. The highest BCUT2D eigenvalue weighted by molar-refractivity contribution is 5.96. The number of nitrogens with one attached hydrogen (secondary N) is 2. The lowest BCUT2D eigenvalue weighted by molar-refractivity contribution is 0.0996. The maximum Gasteiger partial charge on any atom is 0.271 e. The van der Waals surface area contributed by atoms with Gasteiger partial charge in [-0.05, 0) is 37.1 Å². The Bertz CT molecular complexity index is 1060. The molecule has 8 nitrogen and oxygen atoms in total. The van der Waals surface area contributed by atoms with Crippen LogP contribution in [-0.4, -0.2) is 32.9 Å². The standard InChI is InChI=1S/C20H22FN7O/c21-12-5-6-15-11(7-12)8-13(9-24-15)26-20-18(19(23)29)25-10-17(28-20)27-16-4-2-1-3-14(16)22/h5-10,14,16H,1-4,22H2,(H2,23,29)(H2,26,27,28)/t14-,16+/m0/s1. The van der Waals surface area contributed by atoms with Crippen LogP contribution in [0.15, 0.2) is 36.7 Å². The quantitative estimate of drug-likeness (QED) is 0.522. The Kier molecular flexibility index (Phi) is 5.22. The number of nitrogens with zero attached hydrogens (tertiary/aromatic N) is 3. The van der Waals surface area contributed by atoms with E-state index >= 15 is 0 Å². The summed E-state index contributed by atoms with van der Waals surface area (Å²) >= 11 is 0. The average Bonchev–Trinajstić information content (AvgIpc) is 2.69. The summed E-state index contributed by atoms with van der Waals surface area (Å²) in [4.78, 5) is 24.7. The first-order valence-corrected chi connectivity index (χ1v) is 9.51. The smallest absolute Gasteiger partial charge is 0.271 e.